The van der Waals surface area contributed by atoms with Gasteiger partial charge in [0, 0.05) is 9.75 Å². The second-order valence-corrected chi connectivity index (χ2v) is 8.04. The molecule has 0 saturated carbocycles. The quantitative estimate of drug-likeness (QED) is 0.306. The Labute approximate surface area is 157 Å². The van der Waals surface area contributed by atoms with Crippen LogP contribution in [0.15, 0.2) is 91.0 Å². The first kappa shape index (κ1) is 15.4. The molecular weight excluding hydrogens is 332 g/mol. The summed E-state index contributed by atoms with van der Waals surface area (Å²) < 4.78 is 0. The number of thiophene rings is 1. The van der Waals surface area contributed by atoms with Crippen molar-refractivity contribution in [2.24, 2.45) is 0 Å². The molecule has 0 radical (unpaired) electrons. The fourth-order valence-corrected chi connectivity index (χ4v) is 4.40. The minimum atomic E-state index is 1.27. The molecule has 0 fully saturated rings. The largest absolute Gasteiger partial charge is 0.141 e. The topological polar surface area (TPSA) is 0 Å². The minimum absolute atomic E-state index is 1.27. The standard InChI is InChI=1S/C25H18S/c1-17-6-13-25(26-17)24-12-11-22-15-21(9-10-23(22)16-24)20-8-7-18-4-2-3-5-19(18)14-20/h2-16H,1H3. The molecule has 1 aromatic heterocycles. The number of hydrogen-bond acceptors (Lipinski definition) is 1. The Morgan fingerprint density at radius 2 is 1.04 bits per heavy atom. The number of hydrogen-bond donors (Lipinski definition) is 0. The molecule has 0 aliphatic carbocycles. The van der Waals surface area contributed by atoms with E-state index in [1.165, 1.54) is 48.0 Å². The molecule has 0 aliphatic heterocycles. The van der Waals surface area contributed by atoms with Crippen LogP contribution in [0.4, 0.5) is 0 Å². The van der Waals surface area contributed by atoms with E-state index < -0.39 is 0 Å². The Kier molecular flexibility index (Phi) is 3.62. The zero-order chi connectivity index (χ0) is 17.5. The highest BCUT2D eigenvalue weighted by molar-refractivity contribution is 7.15. The molecule has 0 spiro atoms. The molecule has 0 aliphatic rings. The molecule has 0 bridgehead atoms. The molecule has 26 heavy (non-hydrogen) atoms. The summed E-state index contributed by atoms with van der Waals surface area (Å²) in [6.45, 7) is 2.16. The van der Waals surface area contributed by atoms with Crippen molar-refractivity contribution < 1.29 is 0 Å². The van der Waals surface area contributed by atoms with E-state index in [-0.39, 0.29) is 0 Å². The van der Waals surface area contributed by atoms with Crippen molar-refractivity contribution in [3.8, 4) is 21.6 Å². The van der Waals surface area contributed by atoms with Crippen LogP contribution < -0.4 is 0 Å². The predicted octanol–water partition coefficient (Wildman–Crippen LogP) is 7.70. The summed E-state index contributed by atoms with van der Waals surface area (Å²) >= 11 is 1.85. The lowest BCUT2D eigenvalue weighted by Crippen LogP contribution is -1.81. The lowest BCUT2D eigenvalue weighted by molar-refractivity contribution is 1.64. The Morgan fingerprint density at radius 1 is 0.500 bits per heavy atom. The monoisotopic (exact) mass is 350 g/mol. The van der Waals surface area contributed by atoms with Gasteiger partial charge in [-0.2, -0.15) is 0 Å². The Morgan fingerprint density at radius 3 is 1.69 bits per heavy atom. The summed E-state index contributed by atoms with van der Waals surface area (Å²) in [5.41, 5.74) is 3.83. The first-order valence-electron chi connectivity index (χ1n) is 8.86. The maximum absolute atomic E-state index is 2.30. The zero-order valence-electron chi connectivity index (χ0n) is 14.6. The van der Waals surface area contributed by atoms with Crippen molar-refractivity contribution in [1.82, 2.24) is 0 Å². The molecule has 5 rings (SSSR count). The van der Waals surface area contributed by atoms with Crippen molar-refractivity contribution in [2.75, 3.05) is 0 Å². The summed E-state index contributed by atoms with van der Waals surface area (Å²) in [4.78, 5) is 2.69. The molecule has 0 amide bonds. The van der Waals surface area contributed by atoms with Crippen LogP contribution in [0, 0.1) is 6.92 Å². The molecular formula is C25H18S. The van der Waals surface area contributed by atoms with Crippen molar-refractivity contribution in [3.05, 3.63) is 95.9 Å². The fraction of sp³-hybridized carbons (Fsp3) is 0.0400. The summed E-state index contributed by atoms with van der Waals surface area (Å²) in [6, 6.07) is 33.2. The van der Waals surface area contributed by atoms with Crippen molar-refractivity contribution in [1.29, 1.82) is 0 Å². The van der Waals surface area contributed by atoms with E-state index in [1.54, 1.807) is 0 Å². The first-order chi connectivity index (χ1) is 12.8. The van der Waals surface area contributed by atoms with E-state index in [4.69, 9.17) is 0 Å². The van der Waals surface area contributed by atoms with Crippen LogP contribution in [-0.2, 0) is 0 Å². The molecule has 0 saturated heterocycles. The molecule has 0 N–H and O–H groups in total. The minimum Gasteiger partial charge on any atom is -0.141 e. The van der Waals surface area contributed by atoms with Crippen molar-refractivity contribution in [3.63, 3.8) is 0 Å². The Bertz CT molecular complexity index is 1240. The number of fused-ring (bicyclic) bond motifs is 2. The van der Waals surface area contributed by atoms with E-state index in [1.807, 2.05) is 11.3 Å². The van der Waals surface area contributed by atoms with Gasteiger partial charge >= 0.3 is 0 Å². The van der Waals surface area contributed by atoms with E-state index in [2.05, 4.69) is 97.9 Å². The lowest BCUT2D eigenvalue weighted by atomic mass is 9.98. The van der Waals surface area contributed by atoms with Gasteiger partial charge in [0.1, 0.15) is 0 Å². The van der Waals surface area contributed by atoms with Crippen LogP contribution in [-0.4, -0.2) is 0 Å². The third-order valence-corrected chi connectivity index (χ3v) is 6.00. The van der Waals surface area contributed by atoms with E-state index in [9.17, 15) is 0 Å². The lowest BCUT2D eigenvalue weighted by Gasteiger charge is -2.07. The molecule has 1 heteroatoms. The van der Waals surface area contributed by atoms with Crippen molar-refractivity contribution >= 4 is 32.9 Å². The van der Waals surface area contributed by atoms with Gasteiger partial charge in [0.2, 0.25) is 0 Å². The van der Waals surface area contributed by atoms with E-state index in [0.717, 1.165) is 0 Å². The third-order valence-electron chi connectivity index (χ3n) is 4.95. The first-order valence-corrected chi connectivity index (χ1v) is 9.68. The van der Waals surface area contributed by atoms with E-state index in [0.29, 0.717) is 0 Å². The highest BCUT2D eigenvalue weighted by Crippen LogP contribution is 2.32. The highest BCUT2D eigenvalue weighted by atomic mass is 32.1. The van der Waals surface area contributed by atoms with Crippen LogP contribution in [0.5, 0.6) is 0 Å². The normalized spacial score (nSPS) is 11.3. The maximum atomic E-state index is 2.30. The Balaban J connectivity index is 1.58. The van der Waals surface area contributed by atoms with Gasteiger partial charge in [-0.15, -0.1) is 11.3 Å². The molecule has 4 aromatic carbocycles. The summed E-state index contributed by atoms with van der Waals surface area (Å²) in [5, 5.41) is 5.15. The van der Waals surface area contributed by atoms with Gasteiger partial charge < -0.3 is 0 Å². The SMILES string of the molecule is Cc1ccc(-c2ccc3cc(-c4ccc5ccccc5c4)ccc3c2)s1. The molecule has 5 aromatic rings. The smallest absolute Gasteiger partial charge is 0.0345 e. The summed E-state index contributed by atoms with van der Waals surface area (Å²) in [5.74, 6) is 0. The van der Waals surface area contributed by atoms with Crippen LogP contribution in [0.25, 0.3) is 43.1 Å². The van der Waals surface area contributed by atoms with Gasteiger partial charge in [0.25, 0.3) is 0 Å². The van der Waals surface area contributed by atoms with Gasteiger partial charge in [-0.25, -0.2) is 0 Å². The van der Waals surface area contributed by atoms with Gasteiger partial charge in [0.15, 0.2) is 0 Å². The third kappa shape index (κ3) is 2.71. The molecule has 124 valence electrons. The molecule has 0 unspecified atom stereocenters. The fourth-order valence-electron chi connectivity index (χ4n) is 3.54. The predicted molar refractivity (Wildman–Crippen MR) is 115 cm³/mol. The van der Waals surface area contributed by atoms with Crippen LogP contribution in [0.3, 0.4) is 0 Å². The molecule has 0 atom stereocenters. The van der Waals surface area contributed by atoms with Gasteiger partial charge in [-0.1, -0.05) is 60.7 Å². The average Bonchev–Trinajstić information content (AvgIpc) is 3.13. The van der Waals surface area contributed by atoms with E-state index >= 15 is 0 Å². The van der Waals surface area contributed by atoms with Crippen LogP contribution in [0.2, 0.25) is 0 Å². The summed E-state index contributed by atoms with van der Waals surface area (Å²) in [6.07, 6.45) is 0. The van der Waals surface area contributed by atoms with Gasteiger partial charge in [-0.05, 0) is 75.5 Å². The van der Waals surface area contributed by atoms with Crippen LogP contribution in [0.1, 0.15) is 4.88 Å². The Hall–Kier alpha value is -2.90. The van der Waals surface area contributed by atoms with Gasteiger partial charge in [0.05, 0.1) is 0 Å². The average molecular weight is 350 g/mol. The second-order valence-electron chi connectivity index (χ2n) is 6.75. The number of rotatable bonds is 2. The zero-order valence-corrected chi connectivity index (χ0v) is 15.4. The maximum Gasteiger partial charge on any atom is 0.0345 e. The van der Waals surface area contributed by atoms with Crippen LogP contribution >= 0.6 is 11.3 Å². The molecule has 1 heterocycles. The molecule has 0 nitrogen and oxygen atoms in total. The highest BCUT2D eigenvalue weighted by Gasteiger charge is 2.05. The van der Waals surface area contributed by atoms with Gasteiger partial charge in [-0.3, -0.25) is 0 Å². The second kappa shape index (κ2) is 6.12. The summed E-state index contributed by atoms with van der Waals surface area (Å²) in [7, 11) is 0. The van der Waals surface area contributed by atoms with Crippen molar-refractivity contribution in [2.45, 2.75) is 6.92 Å². The number of benzene rings is 4. The number of aryl methyl sites for hydroxylation is 1.